The van der Waals surface area contributed by atoms with E-state index in [2.05, 4.69) is 0 Å². The average molecular weight is 352 g/mol. The lowest BCUT2D eigenvalue weighted by molar-refractivity contribution is 0.284. The second-order valence-corrected chi connectivity index (χ2v) is 5.82. The molecule has 0 saturated carbocycles. The van der Waals surface area contributed by atoms with Crippen LogP contribution in [0.3, 0.4) is 0 Å². The van der Waals surface area contributed by atoms with Gasteiger partial charge < -0.3 is 20.1 Å². The van der Waals surface area contributed by atoms with E-state index in [9.17, 15) is 5.11 Å². The second-order valence-electron chi connectivity index (χ2n) is 5.82. The molecule has 4 rings (SSSR count). The number of phenols is 3. The van der Waals surface area contributed by atoms with Gasteiger partial charge >= 0.3 is 0 Å². The van der Waals surface area contributed by atoms with Crippen molar-refractivity contribution in [2.75, 3.05) is 6.61 Å². The van der Waals surface area contributed by atoms with Crippen LogP contribution in [-0.2, 0) is 6.42 Å². The molecule has 3 aromatic rings. The molecule has 0 aromatic heterocycles. The van der Waals surface area contributed by atoms with E-state index in [4.69, 9.17) is 14.9 Å². The lowest BCUT2D eigenvalue weighted by Gasteiger charge is -2.19. The number of rotatable bonds is 0. The average Bonchev–Trinajstić information content (AvgIpc) is 2.67. The topological polar surface area (TPSA) is 69.9 Å². The Labute approximate surface area is 154 Å². The van der Waals surface area contributed by atoms with Gasteiger partial charge in [-0.25, -0.2) is 0 Å². The molecule has 0 amide bonds. The zero-order valence-corrected chi connectivity index (χ0v) is 14.8. The van der Waals surface area contributed by atoms with Gasteiger partial charge in [0.25, 0.3) is 0 Å². The molecule has 3 N–H and O–H groups in total. The lowest BCUT2D eigenvalue weighted by atomic mass is 10.0. The van der Waals surface area contributed by atoms with E-state index in [1.54, 1.807) is 54.6 Å². The third-order valence-electron chi connectivity index (χ3n) is 3.81. The van der Waals surface area contributed by atoms with Crippen LogP contribution in [0.2, 0.25) is 0 Å². The highest BCUT2D eigenvalue weighted by molar-refractivity contribution is 5.49. The molecule has 3 aromatic carbocycles. The van der Waals surface area contributed by atoms with Gasteiger partial charge in [-0.05, 0) is 55.7 Å². The minimum atomic E-state index is 0.322. The summed E-state index contributed by atoms with van der Waals surface area (Å²) in [6.45, 7) is 2.66. The number of para-hydroxylation sites is 2. The molecule has 0 spiro atoms. The second kappa shape index (κ2) is 9.99. The van der Waals surface area contributed by atoms with Crippen LogP contribution < -0.4 is 4.74 Å². The SMILES string of the molecule is Cc1c(O)ccc2c1OCCC2.Oc1ccccc1.Oc1ccccc1. The van der Waals surface area contributed by atoms with Gasteiger partial charge in [0, 0.05) is 5.56 Å². The van der Waals surface area contributed by atoms with Crippen LogP contribution in [0.4, 0.5) is 0 Å². The fourth-order valence-corrected chi connectivity index (χ4v) is 2.43. The maximum atomic E-state index is 9.40. The van der Waals surface area contributed by atoms with Crippen LogP contribution in [0.5, 0.6) is 23.0 Å². The van der Waals surface area contributed by atoms with Crippen LogP contribution in [0.1, 0.15) is 17.5 Å². The monoisotopic (exact) mass is 352 g/mol. The van der Waals surface area contributed by atoms with Crippen molar-refractivity contribution in [1.29, 1.82) is 0 Å². The Morgan fingerprint density at radius 1 is 0.731 bits per heavy atom. The zero-order chi connectivity index (χ0) is 18.8. The molecule has 0 bridgehead atoms. The van der Waals surface area contributed by atoms with Crippen molar-refractivity contribution < 1.29 is 20.1 Å². The van der Waals surface area contributed by atoms with Crippen molar-refractivity contribution in [2.45, 2.75) is 19.8 Å². The highest BCUT2D eigenvalue weighted by Gasteiger charge is 2.14. The Morgan fingerprint density at radius 2 is 1.27 bits per heavy atom. The molecule has 4 nitrogen and oxygen atoms in total. The van der Waals surface area contributed by atoms with Gasteiger partial charge in [-0.15, -0.1) is 0 Å². The smallest absolute Gasteiger partial charge is 0.129 e. The third kappa shape index (κ3) is 6.06. The van der Waals surface area contributed by atoms with E-state index in [0.717, 1.165) is 30.8 Å². The molecule has 0 unspecified atom stereocenters. The predicted octanol–water partition coefficient (Wildman–Crippen LogP) is 4.81. The van der Waals surface area contributed by atoms with Gasteiger partial charge in [0.05, 0.1) is 6.61 Å². The number of aromatic hydroxyl groups is 3. The summed E-state index contributed by atoms with van der Waals surface area (Å²) in [4.78, 5) is 0. The minimum absolute atomic E-state index is 0.322. The maximum Gasteiger partial charge on any atom is 0.129 e. The number of phenolic OH excluding ortho intramolecular Hbond substituents is 3. The number of aryl methyl sites for hydroxylation is 1. The molecule has 0 saturated heterocycles. The first kappa shape index (κ1) is 19.2. The molecule has 1 aliphatic heterocycles. The summed E-state index contributed by atoms with van der Waals surface area (Å²) in [5.74, 6) is 1.86. The van der Waals surface area contributed by atoms with Crippen LogP contribution in [0.25, 0.3) is 0 Å². The third-order valence-corrected chi connectivity index (χ3v) is 3.81. The van der Waals surface area contributed by atoms with Gasteiger partial charge in [-0.3, -0.25) is 0 Å². The van der Waals surface area contributed by atoms with Gasteiger partial charge in [0.2, 0.25) is 0 Å². The molecule has 0 radical (unpaired) electrons. The quantitative estimate of drug-likeness (QED) is 0.543. The largest absolute Gasteiger partial charge is 0.508 e. The highest BCUT2D eigenvalue weighted by atomic mass is 16.5. The Balaban J connectivity index is 0.000000150. The summed E-state index contributed by atoms with van der Waals surface area (Å²) in [6, 6.07) is 21.1. The maximum absolute atomic E-state index is 9.40. The molecule has 0 aliphatic carbocycles. The number of ether oxygens (including phenoxy) is 1. The first-order valence-electron chi connectivity index (χ1n) is 8.50. The van der Waals surface area contributed by atoms with E-state index in [1.165, 1.54) is 5.56 Å². The van der Waals surface area contributed by atoms with Gasteiger partial charge in [0.15, 0.2) is 0 Å². The van der Waals surface area contributed by atoms with Crippen LogP contribution in [-0.4, -0.2) is 21.9 Å². The van der Waals surface area contributed by atoms with Crippen molar-refractivity contribution in [3.05, 3.63) is 83.9 Å². The first-order chi connectivity index (χ1) is 12.6. The van der Waals surface area contributed by atoms with Crippen LogP contribution in [0, 0.1) is 6.92 Å². The summed E-state index contributed by atoms with van der Waals surface area (Å²) < 4.78 is 5.48. The number of hydrogen-bond acceptors (Lipinski definition) is 4. The summed E-state index contributed by atoms with van der Waals surface area (Å²) in [6.07, 6.45) is 2.15. The molecule has 1 heterocycles. The van der Waals surface area contributed by atoms with Crippen molar-refractivity contribution >= 4 is 0 Å². The molecule has 136 valence electrons. The highest BCUT2D eigenvalue weighted by Crippen LogP contribution is 2.33. The normalized spacial score (nSPS) is 11.6. The molecular formula is C22H24O4. The van der Waals surface area contributed by atoms with Crippen molar-refractivity contribution in [2.24, 2.45) is 0 Å². The lowest BCUT2D eigenvalue weighted by Crippen LogP contribution is -2.09. The van der Waals surface area contributed by atoms with Crippen LogP contribution in [0.15, 0.2) is 72.8 Å². The van der Waals surface area contributed by atoms with Crippen molar-refractivity contribution in [3.63, 3.8) is 0 Å². The number of benzene rings is 3. The van der Waals surface area contributed by atoms with E-state index in [-0.39, 0.29) is 0 Å². The molecular weight excluding hydrogens is 328 g/mol. The molecule has 26 heavy (non-hydrogen) atoms. The van der Waals surface area contributed by atoms with E-state index >= 15 is 0 Å². The minimum Gasteiger partial charge on any atom is -0.508 e. The Hall–Kier alpha value is -3.14. The van der Waals surface area contributed by atoms with Crippen LogP contribution >= 0.6 is 0 Å². The number of fused-ring (bicyclic) bond motifs is 1. The van der Waals surface area contributed by atoms with Crippen molar-refractivity contribution in [3.8, 4) is 23.0 Å². The summed E-state index contributed by atoms with van der Waals surface area (Å²) >= 11 is 0. The fourth-order valence-electron chi connectivity index (χ4n) is 2.43. The standard InChI is InChI=1S/C10H12O2.2C6H6O/c1-7-9(11)5-4-8-3-2-6-12-10(7)8;2*7-6-4-2-1-3-5-6/h4-5,11H,2-3,6H2,1H3;2*1-5,7H. The molecule has 0 atom stereocenters. The predicted molar refractivity (Wildman–Crippen MR) is 103 cm³/mol. The van der Waals surface area contributed by atoms with E-state index in [0.29, 0.717) is 17.2 Å². The fraction of sp³-hybridized carbons (Fsp3) is 0.182. The Bertz CT molecular complexity index is 748. The van der Waals surface area contributed by atoms with E-state index in [1.807, 2.05) is 25.1 Å². The number of hydrogen-bond donors (Lipinski definition) is 3. The van der Waals surface area contributed by atoms with Gasteiger partial charge in [-0.2, -0.15) is 0 Å². The summed E-state index contributed by atoms with van der Waals surface area (Å²) in [5, 5.41) is 26.7. The molecule has 4 heteroatoms. The van der Waals surface area contributed by atoms with E-state index < -0.39 is 0 Å². The van der Waals surface area contributed by atoms with Crippen molar-refractivity contribution in [1.82, 2.24) is 0 Å². The summed E-state index contributed by atoms with van der Waals surface area (Å²) in [5.41, 5.74) is 2.09. The Morgan fingerprint density at radius 3 is 1.73 bits per heavy atom. The van der Waals surface area contributed by atoms with Gasteiger partial charge in [0.1, 0.15) is 23.0 Å². The van der Waals surface area contributed by atoms with Gasteiger partial charge in [-0.1, -0.05) is 42.5 Å². The molecule has 0 fully saturated rings. The first-order valence-corrected chi connectivity index (χ1v) is 8.50. The summed E-state index contributed by atoms with van der Waals surface area (Å²) in [7, 11) is 0. The molecule has 1 aliphatic rings. The zero-order valence-electron chi connectivity index (χ0n) is 14.8. The Kier molecular flexibility index (Phi) is 7.37.